The summed E-state index contributed by atoms with van der Waals surface area (Å²) in [4.78, 5) is 2.61. The first-order valence-electron chi connectivity index (χ1n) is 27.5. The van der Waals surface area contributed by atoms with Gasteiger partial charge in [-0.2, -0.15) is 0 Å². The van der Waals surface area contributed by atoms with Gasteiger partial charge in [-0.1, -0.05) is 184 Å². The molecule has 1 heterocycles. The van der Waals surface area contributed by atoms with Crippen molar-refractivity contribution in [2.24, 2.45) is 17.3 Å². The average Bonchev–Trinajstić information content (AvgIpc) is 3.96. The molecule has 5 atom stereocenters. The van der Waals surface area contributed by atoms with Gasteiger partial charge < -0.3 is 18.9 Å². The highest BCUT2D eigenvalue weighted by Gasteiger charge is 2.47. The molecule has 0 radical (unpaired) electrons. The number of allylic oxidation sites excluding steroid dienone is 12. The Labute approximate surface area is 445 Å². The van der Waals surface area contributed by atoms with Gasteiger partial charge in [0.05, 0.1) is 38.5 Å². The number of fused-ring (bicyclic) bond motifs is 6. The highest BCUT2D eigenvalue weighted by molar-refractivity contribution is 6.09. The number of hydrogen-bond acceptors (Lipinski definition) is 3. The van der Waals surface area contributed by atoms with E-state index in [9.17, 15) is 0 Å². The number of rotatable bonds is 16. The zero-order chi connectivity index (χ0) is 50.9. The van der Waals surface area contributed by atoms with Crippen LogP contribution in [0.3, 0.4) is 0 Å². The Kier molecular flexibility index (Phi) is 13.7. The topological polar surface area (TPSA) is 26.6 Å². The van der Waals surface area contributed by atoms with Gasteiger partial charge in [0.2, 0.25) is 0 Å². The minimum atomic E-state index is -0.0202. The Morgan fingerprint density at radius 1 is 0.680 bits per heavy atom. The summed E-state index contributed by atoms with van der Waals surface area (Å²) in [6, 6.07) is 45.2. The maximum Gasteiger partial charge on any atom is 0.0721 e. The Hall–Kier alpha value is -7.24. The van der Waals surface area contributed by atoms with E-state index < -0.39 is 0 Å². The van der Waals surface area contributed by atoms with E-state index in [0.717, 1.165) is 50.7 Å². The van der Waals surface area contributed by atoms with E-state index in [-0.39, 0.29) is 17.5 Å². The smallest absolute Gasteiger partial charge is 0.0721 e. The molecule has 1 aromatic heterocycles. The minimum absolute atomic E-state index is 0.0202. The number of benzene rings is 5. The van der Waals surface area contributed by atoms with E-state index in [1.807, 2.05) is 6.08 Å². The molecule has 6 aromatic rings. The molecule has 0 aliphatic heterocycles. The predicted molar refractivity (Wildman–Crippen MR) is 315 cm³/mol. The predicted octanol–water partition coefficient (Wildman–Crippen LogP) is 17.6. The van der Waals surface area contributed by atoms with Crippen LogP contribution in [0, 0.1) is 17.3 Å². The van der Waals surface area contributed by atoms with Crippen molar-refractivity contribution in [1.29, 1.82) is 0 Å². The van der Waals surface area contributed by atoms with Gasteiger partial charge in [-0.25, -0.2) is 0 Å². The second kappa shape index (κ2) is 21.2. The molecule has 1 fully saturated rings. The van der Waals surface area contributed by atoms with Crippen LogP contribution in [0.4, 0.5) is 5.69 Å². The lowest BCUT2D eigenvalue weighted by Gasteiger charge is -2.37. The zero-order valence-corrected chi connectivity index (χ0v) is 43.8. The Bertz CT molecular complexity index is 3430. The third-order valence-electron chi connectivity index (χ3n) is 17.2. The maximum absolute atomic E-state index is 6.31. The molecule has 0 saturated heterocycles. The Morgan fingerprint density at radius 2 is 1.47 bits per heavy atom. The van der Waals surface area contributed by atoms with Crippen molar-refractivity contribution < 1.29 is 9.47 Å². The molecule has 4 nitrogen and oxygen atoms in total. The van der Waals surface area contributed by atoms with E-state index in [0.29, 0.717) is 37.6 Å². The second-order valence-corrected chi connectivity index (χ2v) is 22.2. The molecule has 6 aliphatic carbocycles. The first-order valence-corrected chi connectivity index (χ1v) is 27.5. The van der Waals surface area contributed by atoms with Gasteiger partial charge in [0.1, 0.15) is 0 Å². The standard InChI is InChI=1S/C71H70N2O2/c1-5-49-16-20-51(21-17-49)45-74-47-53-24-32-61(33-25-53)73-69-15-11-10-14-65(69)66-43-58(31-41-70(66)73)57-29-36-60(37-30-57)72(59-34-27-56(28-35-59)55-12-8-7-9-13-55)62-38-40-64-63-39-26-54(42-67(63)71(3,4)68(64)44-62)48-75-46-52-22-18-50(6-2)19-23-52/h5-15,18-20,22-27,29-32,34-37,39-41,43-44,49,56,61-62,67H,1-2,16-17,21,28,33,38,42,45-48H2,3-4H3/t49-,56+,61-,62+,67-/m0/s1. The number of aromatic nitrogens is 1. The quantitative estimate of drug-likeness (QED) is 0.0904. The van der Waals surface area contributed by atoms with Crippen LogP contribution in [0.5, 0.6) is 0 Å². The Balaban J connectivity index is 0.783. The van der Waals surface area contributed by atoms with Gasteiger partial charge in [0, 0.05) is 39.1 Å². The summed E-state index contributed by atoms with van der Waals surface area (Å²) < 4.78 is 15.1. The van der Waals surface area contributed by atoms with E-state index in [2.05, 4.69) is 231 Å². The lowest BCUT2D eigenvalue weighted by molar-refractivity contribution is 0.137. The fraction of sp³-hybridized carbons (Fsp3) is 0.268. The first-order chi connectivity index (χ1) is 36.8. The molecule has 5 aromatic carbocycles. The van der Waals surface area contributed by atoms with Crippen LogP contribution in [0.25, 0.3) is 39.0 Å². The normalized spacial score (nSPS) is 22.7. The van der Waals surface area contributed by atoms with Gasteiger partial charge in [0.15, 0.2) is 0 Å². The number of ether oxygens (including phenoxy) is 2. The van der Waals surface area contributed by atoms with Crippen LogP contribution < -0.4 is 4.90 Å². The molecule has 75 heavy (non-hydrogen) atoms. The van der Waals surface area contributed by atoms with Crippen molar-refractivity contribution in [3.8, 4) is 11.1 Å². The van der Waals surface area contributed by atoms with Crippen LogP contribution in [-0.2, 0) is 16.1 Å². The van der Waals surface area contributed by atoms with Gasteiger partial charge in [-0.15, -0.1) is 6.58 Å². The maximum atomic E-state index is 6.31. The summed E-state index contributed by atoms with van der Waals surface area (Å²) in [6.07, 6.45) is 37.8. The SMILES string of the molecule is C=Cc1ccc(COCC2=CC=C3C4=CC[C@@H](N(C5=CC[C@H](c6ccccc6)C=C5)c5ccc(-c6ccc7c(c6)c6ccccc6n7[C@H]6C=CC(COCC7=CC[C@H](C=C)CC7)=CC6)cc5)C=C4C(C)(C)[C@H]3C2)cc1. The molecular formula is C71H70N2O2. The van der Waals surface area contributed by atoms with E-state index in [1.54, 1.807) is 0 Å². The molecule has 1 saturated carbocycles. The Morgan fingerprint density at radius 3 is 2.23 bits per heavy atom. The van der Waals surface area contributed by atoms with Crippen LogP contribution >= 0.6 is 0 Å². The third kappa shape index (κ3) is 9.83. The molecule has 376 valence electrons. The number of anilines is 1. The van der Waals surface area contributed by atoms with Gasteiger partial charge >= 0.3 is 0 Å². The van der Waals surface area contributed by atoms with Crippen molar-refractivity contribution in [2.75, 3.05) is 24.7 Å². The fourth-order valence-electron chi connectivity index (χ4n) is 12.9. The number of nitrogens with zero attached hydrogens (tertiary/aromatic N) is 2. The summed E-state index contributed by atoms with van der Waals surface area (Å²) in [6.45, 7) is 15.4. The van der Waals surface area contributed by atoms with Crippen molar-refractivity contribution >= 4 is 33.6 Å². The highest BCUT2D eigenvalue weighted by atomic mass is 16.5. The van der Waals surface area contributed by atoms with E-state index >= 15 is 0 Å². The van der Waals surface area contributed by atoms with E-state index in [4.69, 9.17) is 9.47 Å². The number of para-hydroxylation sites is 1. The fourth-order valence-corrected chi connectivity index (χ4v) is 12.9. The molecule has 0 unspecified atom stereocenters. The molecular weight excluding hydrogens is 913 g/mol. The van der Waals surface area contributed by atoms with Crippen LogP contribution in [-0.4, -0.2) is 30.4 Å². The average molecular weight is 983 g/mol. The summed E-state index contributed by atoms with van der Waals surface area (Å²) >= 11 is 0. The van der Waals surface area contributed by atoms with Crippen molar-refractivity contribution in [3.63, 3.8) is 0 Å². The number of hydrogen-bond donors (Lipinski definition) is 0. The van der Waals surface area contributed by atoms with Gasteiger partial charge in [-0.05, 0) is 160 Å². The summed E-state index contributed by atoms with van der Waals surface area (Å²) in [5.41, 5.74) is 19.6. The lowest BCUT2D eigenvalue weighted by Crippen LogP contribution is -2.35. The first kappa shape index (κ1) is 48.7. The summed E-state index contributed by atoms with van der Waals surface area (Å²) in [5, 5.41) is 2.59. The van der Waals surface area contributed by atoms with Crippen molar-refractivity contribution in [1.82, 2.24) is 4.57 Å². The lowest BCUT2D eigenvalue weighted by atomic mass is 9.73. The highest BCUT2D eigenvalue weighted by Crippen LogP contribution is 2.58. The second-order valence-electron chi connectivity index (χ2n) is 22.2. The zero-order valence-electron chi connectivity index (χ0n) is 43.8. The summed E-state index contributed by atoms with van der Waals surface area (Å²) in [5.74, 6) is 1.40. The molecule has 0 amide bonds. The largest absolute Gasteiger partial charge is 0.372 e. The molecule has 6 aliphatic rings. The van der Waals surface area contributed by atoms with Crippen LogP contribution in [0.15, 0.2) is 247 Å². The monoisotopic (exact) mass is 983 g/mol. The molecule has 0 bridgehead atoms. The van der Waals surface area contributed by atoms with Gasteiger partial charge in [-0.3, -0.25) is 0 Å². The van der Waals surface area contributed by atoms with Crippen LogP contribution in [0.2, 0.25) is 0 Å². The van der Waals surface area contributed by atoms with Gasteiger partial charge in [0.25, 0.3) is 0 Å². The van der Waals surface area contributed by atoms with Crippen molar-refractivity contribution in [2.45, 2.75) is 83.4 Å². The molecule has 4 heteroatoms. The molecule has 0 N–H and O–H groups in total. The van der Waals surface area contributed by atoms with E-state index in [1.165, 1.54) is 95.3 Å². The third-order valence-corrected chi connectivity index (χ3v) is 17.2. The minimum Gasteiger partial charge on any atom is -0.372 e. The summed E-state index contributed by atoms with van der Waals surface area (Å²) in [7, 11) is 0. The molecule has 12 rings (SSSR count). The molecule has 0 spiro atoms. The van der Waals surface area contributed by atoms with Crippen LogP contribution in [0.1, 0.15) is 87.4 Å². The van der Waals surface area contributed by atoms with Crippen molar-refractivity contribution in [3.05, 3.63) is 263 Å².